The van der Waals surface area contributed by atoms with Gasteiger partial charge in [-0.25, -0.2) is 4.39 Å². The van der Waals surface area contributed by atoms with E-state index in [0.717, 1.165) is 10.5 Å². The number of hydrogen-bond donors (Lipinski definition) is 2. The second-order valence-corrected chi connectivity index (χ2v) is 6.14. The van der Waals surface area contributed by atoms with Crippen molar-refractivity contribution in [1.82, 2.24) is 0 Å². The summed E-state index contributed by atoms with van der Waals surface area (Å²) in [6.45, 7) is 0. The van der Waals surface area contributed by atoms with Crippen molar-refractivity contribution in [2.24, 2.45) is 0 Å². The molecular formula is C13H8Br2ClFN2O. The monoisotopic (exact) mass is 420 g/mol. The molecule has 2 aromatic carbocycles. The van der Waals surface area contributed by atoms with Gasteiger partial charge in [-0.15, -0.1) is 0 Å². The van der Waals surface area contributed by atoms with Crippen molar-refractivity contribution in [1.29, 1.82) is 0 Å². The zero-order chi connectivity index (χ0) is 14.9. The maximum absolute atomic E-state index is 13.7. The van der Waals surface area contributed by atoms with Crippen LogP contribution < -0.4 is 11.1 Å². The minimum absolute atomic E-state index is 0.108. The summed E-state index contributed by atoms with van der Waals surface area (Å²) >= 11 is 12.2. The summed E-state index contributed by atoms with van der Waals surface area (Å²) in [6, 6.07) is 7.20. The van der Waals surface area contributed by atoms with E-state index < -0.39 is 11.7 Å². The van der Waals surface area contributed by atoms with Crippen molar-refractivity contribution in [2.45, 2.75) is 0 Å². The molecule has 0 atom stereocenters. The number of amides is 1. The van der Waals surface area contributed by atoms with Crippen LogP contribution in [-0.2, 0) is 0 Å². The van der Waals surface area contributed by atoms with Gasteiger partial charge in [-0.3, -0.25) is 4.79 Å². The van der Waals surface area contributed by atoms with Crippen molar-refractivity contribution in [2.75, 3.05) is 11.1 Å². The maximum Gasteiger partial charge on any atom is 0.258 e. The first-order valence-electron chi connectivity index (χ1n) is 5.39. The van der Waals surface area contributed by atoms with E-state index in [2.05, 4.69) is 37.2 Å². The van der Waals surface area contributed by atoms with Crippen LogP contribution in [0.1, 0.15) is 10.4 Å². The van der Waals surface area contributed by atoms with Crippen LogP contribution in [0.4, 0.5) is 15.8 Å². The van der Waals surface area contributed by atoms with Crippen molar-refractivity contribution < 1.29 is 9.18 Å². The van der Waals surface area contributed by atoms with E-state index in [0.29, 0.717) is 15.8 Å². The Bertz CT molecular complexity index is 671. The van der Waals surface area contributed by atoms with Gasteiger partial charge in [0.1, 0.15) is 5.82 Å². The van der Waals surface area contributed by atoms with Crippen LogP contribution in [-0.4, -0.2) is 5.91 Å². The molecule has 1 amide bonds. The molecule has 0 unspecified atom stereocenters. The largest absolute Gasteiger partial charge is 0.397 e. The van der Waals surface area contributed by atoms with Crippen LogP contribution in [0.5, 0.6) is 0 Å². The molecule has 0 radical (unpaired) electrons. The molecular weight excluding hydrogens is 414 g/mol. The van der Waals surface area contributed by atoms with E-state index in [1.165, 1.54) is 12.1 Å². The quantitative estimate of drug-likeness (QED) is 0.681. The molecule has 3 N–H and O–H groups in total. The Hall–Kier alpha value is -1.11. The lowest BCUT2D eigenvalue weighted by atomic mass is 10.2. The Kier molecular flexibility index (Phi) is 4.67. The average Bonchev–Trinajstić information content (AvgIpc) is 2.33. The van der Waals surface area contributed by atoms with Gasteiger partial charge in [0.25, 0.3) is 5.91 Å². The first kappa shape index (κ1) is 15.3. The zero-order valence-electron chi connectivity index (χ0n) is 9.88. The van der Waals surface area contributed by atoms with Gasteiger partial charge in [-0.05, 0) is 46.3 Å². The Morgan fingerprint density at radius 3 is 2.55 bits per heavy atom. The summed E-state index contributed by atoms with van der Waals surface area (Å²) in [5.74, 6) is -1.30. The third kappa shape index (κ3) is 3.31. The first-order chi connectivity index (χ1) is 9.38. The predicted octanol–water partition coefficient (Wildman–Crippen LogP) is 4.84. The predicted molar refractivity (Wildman–Crippen MR) is 85.6 cm³/mol. The van der Waals surface area contributed by atoms with Crippen molar-refractivity contribution >= 4 is 60.7 Å². The van der Waals surface area contributed by atoms with Crippen molar-refractivity contribution in [3.8, 4) is 0 Å². The molecule has 2 rings (SSSR count). The van der Waals surface area contributed by atoms with Crippen LogP contribution in [0.25, 0.3) is 0 Å². The Balaban J connectivity index is 2.33. The highest BCUT2D eigenvalue weighted by atomic mass is 79.9. The number of rotatable bonds is 2. The van der Waals surface area contributed by atoms with Crippen LogP contribution >= 0.6 is 43.5 Å². The molecule has 2 aromatic rings. The number of nitrogen functional groups attached to an aromatic ring is 1. The summed E-state index contributed by atoms with van der Waals surface area (Å²) in [5, 5.41) is 2.79. The second kappa shape index (κ2) is 6.11. The molecule has 0 aliphatic carbocycles. The fourth-order valence-corrected chi connectivity index (χ4v) is 3.10. The number of anilines is 2. The second-order valence-electron chi connectivity index (χ2n) is 3.93. The summed E-state index contributed by atoms with van der Waals surface area (Å²) in [6.07, 6.45) is 0. The SMILES string of the molecule is Nc1cc(Br)cc(Br)c1NC(=O)c1ccc(Cl)cc1F. The number of nitrogens with one attached hydrogen (secondary N) is 1. The van der Waals surface area contributed by atoms with Gasteiger partial charge in [0.15, 0.2) is 0 Å². The third-order valence-electron chi connectivity index (χ3n) is 2.50. The molecule has 0 bridgehead atoms. The lowest BCUT2D eigenvalue weighted by molar-refractivity contribution is 0.102. The Morgan fingerprint density at radius 2 is 1.95 bits per heavy atom. The normalized spacial score (nSPS) is 10.4. The number of nitrogens with two attached hydrogens (primary N) is 1. The van der Waals surface area contributed by atoms with E-state index in [1.54, 1.807) is 12.1 Å². The lowest BCUT2D eigenvalue weighted by Gasteiger charge is -2.11. The minimum atomic E-state index is -0.693. The minimum Gasteiger partial charge on any atom is -0.397 e. The zero-order valence-corrected chi connectivity index (χ0v) is 13.8. The molecule has 0 heterocycles. The summed E-state index contributed by atoms with van der Waals surface area (Å²) in [4.78, 5) is 12.1. The summed E-state index contributed by atoms with van der Waals surface area (Å²) in [5.41, 5.74) is 6.45. The van der Waals surface area contributed by atoms with E-state index in [1.807, 2.05) is 0 Å². The van der Waals surface area contributed by atoms with Gasteiger partial charge >= 0.3 is 0 Å². The van der Waals surface area contributed by atoms with Gasteiger partial charge in [-0.1, -0.05) is 27.5 Å². The molecule has 104 valence electrons. The molecule has 0 aliphatic heterocycles. The standard InChI is InChI=1S/C13H8Br2ClFN2O/c14-6-3-9(15)12(11(18)4-6)19-13(20)8-2-1-7(16)5-10(8)17/h1-5H,18H2,(H,19,20). The molecule has 0 fully saturated rings. The van der Waals surface area contributed by atoms with Crippen molar-refractivity contribution in [3.63, 3.8) is 0 Å². The van der Waals surface area contributed by atoms with Gasteiger partial charge in [-0.2, -0.15) is 0 Å². The highest BCUT2D eigenvalue weighted by Gasteiger charge is 2.15. The molecule has 7 heteroatoms. The van der Waals surface area contributed by atoms with E-state index >= 15 is 0 Å². The number of carbonyl (C=O) groups is 1. The van der Waals surface area contributed by atoms with Gasteiger partial charge in [0, 0.05) is 14.0 Å². The molecule has 3 nitrogen and oxygen atoms in total. The Labute approximate surface area is 136 Å². The molecule has 0 spiro atoms. The summed E-state index contributed by atoms with van der Waals surface area (Å²) in [7, 11) is 0. The molecule has 0 saturated heterocycles. The van der Waals surface area contributed by atoms with Crippen LogP contribution in [0.2, 0.25) is 5.02 Å². The first-order valence-corrected chi connectivity index (χ1v) is 7.36. The lowest BCUT2D eigenvalue weighted by Crippen LogP contribution is -2.15. The highest BCUT2D eigenvalue weighted by Crippen LogP contribution is 2.33. The molecule has 0 saturated carbocycles. The topological polar surface area (TPSA) is 55.1 Å². The smallest absolute Gasteiger partial charge is 0.258 e. The van der Waals surface area contributed by atoms with Gasteiger partial charge < -0.3 is 11.1 Å². The van der Waals surface area contributed by atoms with E-state index in [-0.39, 0.29) is 10.6 Å². The van der Waals surface area contributed by atoms with Crippen LogP contribution in [0.15, 0.2) is 39.3 Å². The Morgan fingerprint density at radius 1 is 1.25 bits per heavy atom. The highest BCUT2D eigenvalue weighted by molar-refractivity contribution is 9.11. The summed E-state index contributed by atoms with van der Waals surface area (Å²) < 4.78 is 15.0. The fraction of sp³-hybridized carbons (Fsp3) is 0. The van der Waals surface area contributed by atoms with Crippen LogP contribution in [0, 0.1) is 5.82 Å². The number of hydrogen-bond acceptors (Lipinski definition) is 2. The molecule has 0 aromatic heterocycles. The number of carbonyl (C=O) groups excluding carboxylic acids is 1. The van der Waals surface area contributed by atoms with Gasteiger partial charge in [0.2, 0.25) is 0 Å². The van der Waals surface area contributed by atoms with Crippen LogP contribution in [0.3, 0.4) is 0 Å². The maximum atomic E-state index is 13.7. The third-order valence-corrected chi connectivity index (χ3v) is 3.82. The molecule has 20 heavy (non-hydrogen) atoms. The average molecular weight is 422 g/mol. The van der Waals surface area contributed by atoms with E-state index in [4.69, 9.17) is 17.3 Å². The van der Waals surface area contributed by atoms with Crippen molar-refractivity contribution in [3.05, 3.63) is 55.7 Å². The number of halogens is 4. The number of benzene rings is 2. The molecule has 0 aliphatic rings. The van der Waals surface area contributed by atoms with Gasteiger partial charge in [0.05, 0.1) is 16.9 Å². The fourth-order valence-electron chi connectivity index (χ4n) is 1.58. The van der Waals surface area contributed by atoms with E-state index in [9.17, 15) is 9.18 Å².